The molecule has 1 aliphatic heterocycles. The van der Waals surface area contributed by atoms with Gasteiger partial charge in [-0.05, 0) is 43.2 Å². The van der Waals surface area contributed by atoms with Crippen molar-refractivity contribution in [2.75, 3.05) is 40.4 Å². The van der Waals surface area contributed by atoms with Crippen molar-refractivity contribution in [3.63, 3.8) is 0 Å². The number of methoxy groups -OCH3 is 2. The predicted octanol–water partition coefficient (Wildman–Crippen LogP) is 2.02. The minimum Gasteiger partial charge on any atom is -0.497 e. The second-order valence-electron chi connectivity index (χ2n) is 7.09. The molecule has 0 N–H and O–H groups in total. The van der Waals surface area contributed by atoms with Gasteiger partial charge in [0.1, 0.15) is 16.4 Å². The predicted molar refractivity (Wildman–Crippen MR) is 113 cm³/mol. The van der Waals surface area contributed by atoms with Crippen molar-refractivity contribution < 1.29 is 26.3 Å². The first-order chi connectivity index (χ1) is 14.1. The molecule has 0 aliphatic carbocycles. The zero-order valence-electron chi connectivity index (χ0n) is 17.5. The van der Waals surface area contributed by atoms with Crippen molar-refractivity contribution in [1.29, 1.82) is 0 Å². The first-order valence-corrected chi connectivity index (χ1v) is 12.3. The van der Waals surface area contributed by atoms with Gasteiger partial charge in [0.2, 0.25) is 20.0 Å². The molecule has 1 saturated heterocycles. The number of rotatable bonds is 6. The third-order valence-electron chi connectivity index (χ3n) is 5.15. The molecule has 3 rings (SSSR count). The molecule has 2 aromatic rings. The fourth-order valence-corrected chi connectivity index (χ4v) is 6.72. The van der Waals surface area contributed by atoms with Gasteiger partial charge in [-0.15, -0.1) is 0 Å². The van der Waals surface area contributed by atoms with Crippen LogP contribution in [0.1, 0.15) is 11.1 Å². The number of nitrogens with zero attached hydrogens (tertiary/aromatic N) is 2. The molecule has 0 saturated carbocycles. The maximum Gasteiger partial charge on any atom is 0.246 e. The Labute approximate surface area is 178 Å². The number of hydrogen-bond acceptors (Lipinski definition) is 6. The first kappa shape index (κ1) is 22.5. The van der Waals surface area contributed by atoms with Gasteiger partial charge >= 0.3 is 0 Å². The number of sulfonamides is 2. The Kier molecular flexibility index (Phi) is 6.42. The van der Waals surface area contributed by atoms with Crippen LogP contribution in [-0.2, 0) is 20.0 Å². The van der Waals surface area contributed by atoms with Crippen LogP contribution < -0.4 is 9.47 Å². The molecule has 30 heavy (non-hydrogen) atoms. The second-order valence-corrected chi connectivity index (χ2v) is 10.9. The zero-order valence-corrected chi connectivity index (χ0v) is 19.1. The Balaban J connectivity index is 1.84. The van der Waals surface area contributed by atoms with E-state index in [0.717, 1.165) is 5.56 Å². The number of piperazine rings is 1. The monoisotopic (exact) mass is 454 g/mol. The van der Waals surface area contributed by atoms with Crippen LogP contribution in [0.15, 0.2) is 46.2 Å². The molecule has 0 amide bonds. The Morgan fingerprint density at radius 1 is 0.733 bits per heavy atom. The Hall–Kier alpha value is -2.14. The smallest absolute Gasteiger partial charge is 0.246 e. The van der Waals surface area contributed by atoms with Crippen molar-refractivity contribution in [3.8, 4) is 11.5 Å². The minimum absolute atomic E-state index is 0.00446. The summed E-state index contributed by atoms with van der Waals surface area (Å²) < 4.78 is 65.5. The van der Waals surface area contributed by atoms with E-state index in [2.05, 4.69) is 0 Å². The number of benzene rings is 2. The number of ether oxygens (including phenoxy) is 2. The van der Waals surface area contributed by atoms with Crippen LogP contribution in [0.4, 0.5) is 0 Å². The van der Waals surface area contributed by atoms with Gasteiger partial charge in [0, 0.05) is 32.2 Å². The normalized spacial score (nSPS) is 16.4. The van der Waals surface area contributed by atoms with Gasteiger partial charge in [-0.25, -0.2) is 16.8 Å². The highest BCUT2D eigenvalue weighted by molar-refractivity contribution is 7.89. The lowest BCUT2D eigenvalue weighted by molar-refractivity contribution is 0.271. The van der Waals surface area contributed by atoms with Crippen LogP contribution in [0.2, 0.25) is 0 Å². The Bertz CT molecular complexity index is 1140. The first-order valence-electron chi connectivity index (χ1n) is 9.41. The number of aryl methyl sites for hydroxylation is 2. The molecule has 0 radical (unpaired) electrons. The highest BCUT2D eigenvalue weighted by Crippen LogP contribution is 2.31. The zero-order chi connectivity index (χ0) is 22.1. The molecule has 0 spiro atoms. The fourth-order valence-electron chi connectivity index (χ4n) is 3.40. The lowest BCUT2D eigenvalue weighted by Gasteiger charge is -2.33. The molecule has 1 heterocycles. The third kappa shape index (κ3) is 4.18. The second kappa shape index (κ2) is 8.54. The minimum atomic E-state index is -3.88. The summed E-state index contributed by atoms with van der Waals surface area (Å²) >= 11 is 0. The van der Waals surface area contributed by atoms with E-state index < -0.39 is 20.0 Å². The molecule has 1 aliphatic rings. The molecule has 2 aromatic carbocycles. The van der Waals surface area contributed by atoms with Crippen LogP contribution in [0.3, 0.4) is 0 Å². The van der Waals surface area contributed by atoms with Crippen molar-refractivity contribution in [2.24, 2.45) is 0 Å². The van der Waals surface area contributed by atoms with Gasteiger partial charge in [-0.3, -0.25) is 0 Å². The third-order valence-corrected chi connectivity index (χ3v) is 9.11. The summed E-state index contributed by atoms with van der Waals surface area (Å²) in [5.74, 6) is 0.603. The summed E-state index contributed by atoms with van der Waals surface area (Å²) in [5.41, 5.74) is 1.52. The lowest BCUT2D eigenvalue weighted by Crippen LogP contribution is -2.50. The van der Waals surface area contributed by atoms with Gasteiger partial charge in [-0.1, -0.05) is 12.1 Å². The topological polar surface area (TPSA) is 93.2 Å². The fraction of sp³-hybridized carbons (Fsp3) is 0.400. The molecule has 164 valence electrons. The van der Waals surface area contributed by atoms with Crippen LogP contribution >= 0.6 is 0 Å². The average Bonchev–Trinajstić information content (AvgIpc) is 2.74. The summed E-state index contributed by atoms with van der Waals surface area (Å²) in [6, 6.07) is 9.85. The molecule has 10 heteroatoms. The van der Waals surface area contributed by atoms with Crippen LogP contribution in [0.5, 0.6) is 11.5 Å². The van der Waals surface area contributed by atoms with Gasteiger partial charge < -0.3 is 9.47 Å². The summed E-state index contributed by atoms with van der Waals surface area (Å²) in [6.07, 6.45) is 0. The summed E-state index contributed by atoms with van der Waals surface area (Å²) in [6.45, 7) is 3.83. The van der Waals surface area contributed by atoms with E-state index in [9.17, 15) is 16.8 Å². The van der Waals surface area contributed by atoms with Crippen molar-refractivity contribution in [3.05, 3.63) is 47.5 Å². The summed E-state index contributed by atoms with van der Waals surface area (Å²) in [5, 5.41) is 0. The van der Waals surface area contributed by atoms with Gasteiger partial charge in [0.15, 0.2) is 0 Å². The van der Waals surface area contributed by atoms with Gasteiger partial charge in [-0.2, -0.15) is 8.61 Å². The molecule has 0 bridgehead atoms. The summed E-state index contributed by atoms with van der Waals surface area (Å²) in [4.78, 5) is 0.253. The Morgan fingerprint density at radius 2 is 1.30 bits per heavy atom. The van der Waals surface area contributed by atoms with Crippen molar-refractivity contribution >= 4 is 20.0 Å². The van der Waals surface area contributed by atoms with Crippen molar-refractivity contribution in [2.45, 2.75) is 23.6 Å². The molecule has 0 aromatic heterocycles. The van der Waals surface area contributed by atoms with E-state index >= 15 is 0 Å². The van der Waals surface area contributed by atoms with E-state index in [0.29, 0.717) is 11.3 Å². The largest absolute Gasteiger partial charge is 0.497 e. The van der Waals surface area contributed by atoms with E-state index in [-0.39, 0.29) is 41.7 Å². The molecular weight excluding hydrogens is 428 g/mol. The van der Waals surface area contributed by atoms with E-state index in [4.69, 9.17) is 9.47 Å². The molecular formula is C20H26N2O6S2. The quantitative estimate of drug-likeness (QED) is 0.663. The molecule has 8 nitrogen and oxygen atoms in total. The molecule has 0 unspecified atom stereocenters. The maximum atomic E-state index is 13.2. The van der Waals surface area contributed by atoms with Gasteiger partial charge in [0.25, 0.3) is 0 Å². The molecule has 0 atom stereocenters. The van der Waals surface area contributed by atoms with Crippen LogP contribution in [-0.4, -0.2) is 65.8 Å². The maximum absolute atomic E-state index is 13.2. The van der Waals surface area contributed by atoms with Crippen molar-refractivity contribution in [1.82, 2.24) is 8.61 Å². The lowest BCUT2D eigenvalue weighted by atomic mass is 10.2. The number of hydrogen-bond donors (Lipinski definition) is 0. The average molecular weight is 455 g/mol. The van der Waals surface area contributed by atoms with Crippen LogP contribution in [0.25, 0.3) is 0 Å². The van der Waals surface area contributed by atoms with E-state index in [1.165, 1.54) is 35.0 Å². The van der Waals surface area contributed by atoms with Crippen LogP contribution in [0, 0.1) is 13.8 Å². The standard InChI is InChI=1S/C20H26N2O6S2/c1-15-5-6-16(2)19(13-15)29(23,24)21-9-11-22(12-10-21)30(25,26)20-14-17(27-3)7-8-18(20)28-4/h5-8,13-14H,9-12H2,1-4H3. The highest BCUT2D eigenvalue weighted by Gasteiger charge is 2.35. The van der Waals surface area contributed by atoms with E-state index in [1.54, 1.807) is 25.1 Å². The van der Waals surface area contributed by atoms with Gasteiger partial charge in [0.05, 0.1) is 19.1 Å². The highest BCUT2D eigenvalue weighted by atomic mass is 32.2. The SMILES string of the molecule is COc1ccc(OC)c(S(=O)(=O)N2CCN(S(=O)(=O)c3cc(C)ccc3C)CC2)c1. The van der Waals surface area contributed by atoms with E-state index in [1.807, 2.05) is 13.0 Å². The summed E-state index contributed by atoms with van der Waals surface area (Å²) in [7, 11) is -4.73. The molecule has 1 fully saturated rings. The Morgan fingerprint density at radius 3 is 1.83 bits per heavy atom.